The average molecular weight is 1530 g/mol. The zero-order valence-electron chi connectivity index (χ0n) is 67.7. The molecule has 12 rings (SSSR count). The van der Waals surface area contributed by atoms with E-state index in [0.29, 0.717) is 65.6 Å². The fourth-order valence-corrected chi connectivity index (χ4v) is 13.0. The zero-order chi connectivity index (χ0) is 77.9. The number of amides is 2. The van der Waals surface area contributed by atoms with Crippen LogP contribution in [0.1, 0.15) is 37.8 Å². The Morgan fingerprint density at radius 1 is 0.343 bits per heavy atom. The fourth-order valence-electron chi connectivity index (χ4n) is 11.6. The Labute approximate surface area is 654 Å². The number of methoxy groups -OCH3 is 4. The van der Waals surface area contributed by atoms with E-state index < -0.39 is 0 Å². The number of likely N-dealkylation sites (N-methyl/N-ethyl adjacent to an activating group) is 6. The van der Waals surface area contributed by atoms with Crippen molar-refractivity contribution in [1.82, 2.24) is 40.0 Å². The first-order chi connectivity index (χ1) is 52.6. The van der Waals surface area contributed by atoms with E-state index in [0.717, 1.165) is 117 Å². The van der Waals surface area contributed by atoms with Crippen molar-refractivity contribution in [3.63, 3.8) is 0 Å². The monoisotopic (exact) mass is 1530 g/mol. The van der Waals surface area contributed by atoms with Gasteiger partial charge in [0, 0.05) is 130 Å². The maximum Gasteiger partial charge on any atom is 0.219 e. The van der Waals surface area contributed by atoms with Gasteiger partial charge in [0.25, 0.3) is 0 Å². The van der Waals surface area contributed by atoms with Crippen molar-refractivity contribution in [3.8, 4) is 11.5 Å². The third kappa shape index (κ3) is 35.0. The van der Waals surface area contributed by atoms with Crippen molar-refractivity contribution in [2.45, 2.75) is 39.8 Å². The second kappa shape index (κ2) is 56.0. The second-order valence-corrected chi connectivity index (χ2v) is 28.7. The van der Waals surface area contributed by atoms with E-state index in [9.17, 15) is 9.59 Å². The van der Waals surface area contributed by atoms with Gasteiger partial charge in [-0.3, -0.25) is 9.59 Å². The van der Waals surface area contributed by atoms with Crippen molar-refractivity contribution < 1.29 is 57.0 Å². The van der Waals surface area contributed by atoms with Gasteiger partial charge in [0.05, 0.1) is 107 Å². The lowest BCUT2D eigenvalue weighted by molar-refractivity contribution is -0.121. The standard InChI is InChI=1S/2C20H17NO.C14H30N2O4.C10H22N2O2.C8H10O2.C6H14N2.C4H10O2.C4H10S2/c2*1-2-18(22)21-12-16-9-8-15-7-6-13-4-3-5-14-10-11-17(16)20(15)19(13)14;1-15-3-7-17-11-13-19-9-5-16(2)6-10-20-14-12-18-8-4-15;1-11-3-7-13-9-5-12(2)6-10-14-8-4-11;1-9-7-5-3-4-6-8(7)10-2;1-7-3-5-8(2)6-4-7;2*1-5-3-4-6-2/h2*3-11H,2,12H2,1H3,(H,21,22);3-14H2,1-2H3;3-10H2,1-2H3;3-6H,1-2H3;3-6H2,1-2H3;2*3-4H2,1-2H3. The van der Waals surface area contributed by atoms with Crippen LogP contribution in [0.4, 0.5) is 0 Å². The van der Waals surface area contributed by atoms with Gasteiger partial charge in [-0.15, -0.1) is 0 Å². The molecule has 0 bridgehead atoms. The molecule has 108 heavy (non-hydrogen) atoms. The minimum Gasteiger partial charge on any atom is -0.493 e. The first-order valence-electron chi connectivity index (χ1n) is 38.2. The summed E-state index contributed by atoms with van der Waals surface area (Å²) in [4.78, 5) is 36.7. The summed E-state index contributed by atoms with van der Waals surface area (Å²) in [6.07, 6.45) is 5.31. The van der Waals surface area contributed by atoms with E-state index >= 15 is 0 Å². The third-order valence-electron chi connectivity index (χ3n) is 18.5. The molecule has 9 aromatic carbocycles. The summed E-state index contributed by atoms with van der Waals surface area (Å²) in [6.45, 7) is 27.8. The van der Waals surface area contributed by atoms with E-state index in [1.165, 1.54) is 113 Å². The SMILES string of the molecule is CCC(=O)NCc1ccc2ccc3cccc4ccc1c2c34.CCC(=O)NCc1ccc2ccc3cccc4ccc1c2c34.CN1CCN(C)CC1.CN1CCOCCN(C)CCOCC1.CN1CCOCCOCCN(C)CCOCCOCC1.COCCOC.COc1ccccc1OC.CSCCSC. The quantitative estimate of drug-likeness (QED) is 0.0778. The molecule has 0 aromatic heterocycles. The first kappa shape index (κ1) is 92.3. The van der Waals surface area contributed by atoms with Crippen LogP contribution in [-0.4, -0.2) is 307 Å². The molecule has 3 saturated heterocycles. The molecule has 0 radical (unpaired) electrons. The molecule has 2 N–H and O–H groups in total. The van der Waals surface area contributed by atoms with Crippen molar-refractivity contribution in [1.29, 1.82) is 0 Å². The van der Waals surface area contributed by atoms with Crippen LogP contribution in [-0.2, 0) is 60.6 Å². The van der Waals surface area contributed by atoms with Gasteiger partial charge in [0.1, 0.15) is 0 Å². The van der Waals surface area contributed by atoms with Gasteiger partial charge < -0.3 is 87.4 Å². The van der Waals surface area contributed by atoms with Gasteiger partial charge in [-0.05, 0) is 143 Å². The number of hydrogen-bond donors (Lipinski definition) is 2. The number of nitrogens with zero attached hydrogens (tertiary/aromatic N) is 6. The first-order valence-corrected chi connectivity index (χ1v) is 41.0. The molecule has 0 spiro atoms. The van der Waals surface area contributed by atoms with Crippen LogP contribution >= 0.6 is 23.5 Å². The molecular formula is C86H130N8O12S2. The van der Waals surface area contributed by atoms with Crippen molar-refractivity contribution in [2.75, 3.05) is 266 Å². The molecular weight excluding hydrogens is 1400 g/mol. The Morgan fingerprint density at radius 3 is 0.870 bits per heavy atom. The van der Waals surface area contributed by atoms with Crippen LogP contribution in [0.3, 0.4) is 0 Å². The maximum atomic E-state index is 11.5. The minimum absolute atomic E-state index is 0.0886. The fraction of sp³-hybridized carbons (Fsp3) is 0.535. The number of piperazine rings is 1. The Kier molecular flexibility index (Phi) is 47.9. The van der Waals surface area contributed by atoms with Gasteiger partial charge in [-0.2, -0.15) is 23.5 Å². The minimum atomic E-state index is 0.0886. The summed E-state index contributed by atoms with van der Waals surface area (Å²) in [5.41, 5.74) is 2.35. The lowest BCUT2D eigenvalue weighted by Crippen LogP contribution is -2.42. The summed E-state index contributed by atoms with van der Waals surface area (Å²) in [6, 6.07) is 46.4. The second-order valence-electron chi connectivity index (χ2n) is 26.7. The smallest absolute Gasteiger partial charge is 0.219 e. The van der Waals surface area contributed by atoms with Crippen LogP contribution in [0.2, 0.25) is 0 Å². The van der Waals surface area contributed by atoms with Crippen molar-refractivity contribution in [3.05, 3.63) is 145 Å². The van der Waals surface area contributed by atoms with E-state index in [1.807, 2.05) is 61.6 Å². The summed E-state index contributed by atoms with van der Waals surface area (Å²) in [7, 11) is 19.3. The number of hydrogen-bond acceptors (Lipinski definition) is 20. The molecule has 3 aliphatic heterocycles. The number of carbonyl (C=O) groups is 2. The molecule has 3 aliphatic rings. The van der Waals surface area contributed by atoms with Crippen molar-refractivity contribution in [2.24, 2.45) is 0 Å². The summed E-state index contributed by atoms with van der Waals surface area (Å²) < 4.78 is 52.5. The molecule has 9 aromatic rings. The highest BCUT2D eigenvalue weighted by Crippen LogP contribution is 2.37. The van der Waals surface area contributed by atoms with E-state index in [1.54, 1.807) is 28.4 Å². The largest absolute Gasteiger partial charge is 0.493 e. The number of carbonyl (C=O) groups excluding carboxylic acids is 2. The van der Waals surface area contributed by atoms with E-state index in [4.69, 9.17) is 37.9 Å². The lowest BCUT2D eigenvalue weighted by atomic mass is 9.92. The lowest BCUT2D eigenvalue weighted by Gasteiger charge is -2.28. The number of rotatable bonds is 14. The topological polar surface area (TPSA) is 170 Å². The third-order valence-corrected chi connectivity index (χ3v) is 20.0. The number of benzene rings is 9. The van der Waals surface area contributed by atoms with E-state index in [-0.39, 0.29) is 11.8 Å². The highest BCUT2D eigenvalue weighted by Gasteiger charge is 2.15. The number of thioether (sulfide) groups is 2. The van der Waals surface area contributed by atoms with Crippen LogP contribution in [0.5, 0.6) is 11.5 Å². The van der Waals surface area contributed by atoms with Gasteiger partial charge >= 0.3 is 0 Å². The molecule has 0 atom stereocenters. The molecule has 22 heteroatoms. The molecule has 598 valence electrons. The van der Waals surface area contributed by atoms with Crippen LogP contribution in [0, 0.1) is 0 Å². The molecule has 20 nitrogen and oxygen atoms in total. The highest BCUT2D eigenvalue weighted by molar-refractivity contribution is 8.02. The Bertz CT molecular complexity index is 3500. The molecule has 0 saturated carbocycles. The summed E-state index contributed by atoms with van der Waals surface area (Å²) in [5, 5.41) is 21.3. The summed E-state index contributed by atoms with van der Waals surface area (Å²) in [5.74, 6) is 4.30. The maximum absolute atomic E-state index is 11.5. The van der Waals surface area contributed by atoms with Gasteiger partial charge in [0.2, 0.25) is 11.8 Å². The van der Waals surface area contributed by atoms with Crippen LogP contribution in [0.25, 0.3) is 64.6 Å². The van der Waals surface area contributed by atoms with Crippen molar-refractivity contribution >= 4 is 100.0 Å². The summed E-state index contributed by atoms with van der Waals surface area (Å²) >= 11 is 3.81. The Balaban J connectivity index is 0.000000231. The predicted molar refractivity (Wildman–Crippen MR) is 455 cm³/mol. The average Bonchev–Trinajstić information content (AvgIpc) is 0.750. The van der Waals surface area contributed by atoms with Gasteiger partial charge in [-0.1, -0.05) is 135 Å². The predicted octanol–water partition coefficient (Wildman–Crippen LogP) is 12.6. The van der Waals surface area contributed by atoms with E-state index in [2.05, 4.69) is 213 Å². The molecule has 3 heterocycles. The highest BCUT2D eigenvalue weighted by atomic mass is 32.2. The molecule has 2 amide bonds. The van der Waals surface area contributed by atoms with Gasteiger partial charge in [0.15, 0.2) is 11.5 Å². The van der Waals surface area contributed by atoms with Crippen LogP contribution in [0.15, 0.2) is 133 Å². The number of para-hydroxylation sites is 2. The molecule has 0 aliphatic carbocycles. The molecule has 3 fully saturated rings. The Hall–Kier alpha value is -6.26. The molecule has 0 unspecified atom stereocenters. The van der Waals surface area contributed by atoms with Gasteiger partial charge in [-0.25, -0.2) is 0 Å². The number of nitrogens with one attached hydrogen (secondary N) is 2. The van der Waals surface area contributed by atoms with Crippen LogP contribution < -0.4 is 20.1 Å². The normalized spacial score (nSPS) is 16.4. The number of ether oxygens (including phenoxy) is 10. The zero-order valence-corrected chi connectivity index (χ0v) is 69.4. The Morgan fingerprint density at radius 2 is 0.602 bits per heavy atom.